The first-order chi connectivity index (χ1) is 12.2. The maximum absolute atomic E-state index is 10.4. The first-order valence-electron chi connectivity index (χ1n) is 7.87. The average Bonchev–Trinajstić information content (AvgIpc) is 3.07. The molecule has 0 aliphatic rings. The van der Waals surface area contributed by atoms with Crippen LogP contribution in [0.3, 0.4) is 0 Å². The summed E-state index contributed by atoms with van der Waals surface area (Å²) in [4.78, 5) is 9.15. The van der Waals surface area contributed by atoms with Crippen LogP contribution in [0.4, 0.5) is 0 Å². The second kappa shape index (κ2) is 8.29. The zero-order valence-electron chi connectivity index (χ0n) is 13.7. The Morgan fingerprint density at radius 1 is 1.28 bits per heavy atom. The Hall–Kier alpha value is -2.15. The van der Waals surface area contributed by atoms with Crippen molar-refractivity contribution < 1.29 is 5.11 Å². The molecule has 0 fully saturated rings. The van der Waals surface area contributed by atoms with Crippen LogP contribution < -0.4 is 10.6 Å². The molecule has 3 aromatic rings. The minimum atomic E-state index is -0.590. The second-order valence-electron chi connectivity index (χ2n) is 5.50. The van der Waals surface area contributed by atoms with Crippen molar-refractivity contribution in [3.63, 3.8) is 0 Å². The number of pyridine rings is 1. The van der Waals surface area contributed by atoms with Gasteiger partial charge in [-0.05, 0) is 29.1 Å². The summed E-state index contributed by atoms with van der Waals surface area (Å²) in [6, 6.07) is 13.8. The lowest BCUT2D eigenvalue weighted by atomic mass is 10.2. The molecule has 0 bridgehead atoms. The van der Waals surface area contributed by atoms with Crippen molar-refractivity contribution in [2.75, 3.05) is 13.6 Å². The van der Waals surface area contributed by atoms with Gasteiger partial charge in [-0.25, -0.2) is 4.98 Å². The van der Waals surface area contributed by atoms with Crippen molar-refractivity contribution in [2.45, 2.75) is 12.6 Å². The lowest BCUT2D eigenvalue weighted by molar-refractivity contribution is 0.184. The highest BCUT2D eigenvalue weighted by Gasteiger charge is 2.12. The monoisotopic (exact) mass is 374 g/mol. The highest BCUT2D eigenvalue weighted by atomic mass is 35.5. The molecule has 3 N–H and O–H groups in total. The van der Waals surface area contributed by atoms with Gasteiger partial charge in [0.1, 0.15) is 11.3 Å². The lowest BCUT2D eigenvalue weighted by Gasteiger charge is -2.14. The van der Waals surface area contributed by atoms with Crippen LogP contribution in [0.1, 0.15) is 16.5 Å². The molecule has 0 spiro atoms. The molecule has 5 nitrogen and oxygen atoms in total. The number of rotatable bonds is 5. The van der Waals surface area contributed by atoms with Crippen molar-refractivity contribution in [3.8, 4) is 0 Å². The van der Waals surface area contributed by atoms with Gasteiger partial charge in [0.25, 0.3) is 0 Å². The van der Waals surface area contributed by atoms with E-state index in [1.807, 2.05) is 24.3 Å². The van der Waals surface area contributed by atoms with Crippen molar-refractivity contribution in [3.05, 3.63) is 64.3 Å². The molecule has 2 heterocycles. The van der Waals surface area contributed by atoms with E-state index in [1.54, 1.807) is 30.6 Å². The van der Waals surface area contributed by atoms with Crippen molar-refractivity contribution >= 4 is 39.0 Å². The number of guanidine groups is 1. The molecular formula is C18H19ClN4OS. The first kappa shape index (κ1) is 17.7. The largest absolute Gasteiger partial charge is 0.386 e. The molecule has 1 aromatic carbocycles. The van der Waals surface area contributed by atoms with Crippen LogP contribution in [0.5, 0.6) is 0 Å². The standard InChI is InChI=1S/C18H19ClN4OS/c1-20-18(22-10-12-6-7-17(19)21-9-12)23-11-14(24)16-8-13-4-2-3-5-15(13)25-16/h2-9,14,24H,10-11H2,1H3,(H2,20,22,23). The minimum Gasteiger partial charge on any atom is -0.386 e. The third-order valence-corrected chi connectivity index (χ3v) is 5.15. The van der Waals surface area contributed by atoms with E-state index in [1.165, 1.54) is 4.70 Å². The minimum absolute atomic E-state index is 0.380. The number of thiophene rings is 1. The molecule has 25 heavy (non-hydrogen) atoms. The number of aliphatic hydroxyl groups is 1. The Morgan fingerprint density at radius 2 is 2.12 bits per heavy atom. The highest BCUT2D eigenvalue weighted by Crippen LogP contribution is 2.29. The summed E-state index contributed by atoms with van der Waals surface area (Å²) < 4.78 is 1.18. The fraction of sp³-hybridized carbons (Fsp3) is 0.222. The van der Waals surface area contributed by atoms with E-state index in [2.05, 4.69) is 32.7 Å². The van der Waals surface area contributed by atoms with Crippen LogP contribution in [-0.4, -0.2) is 29.6 Å². The molecule has 0 saturated carbocycles. The van der Waals surface area contributed by atoms with Gasteiger partial charge in [-0.15, -0.1) is 11.3 Å². The normalized spacial score (nSPS) is 13.0. The molecule has 2 aromatic heterocycles. The topological polar surface area (TPSA) is 69.5 Å². The van der Waals surface area contributed by atoms with Crippen LogP contribution in [0.2, 0.25) is 5.15 Å². The number of fused-ring (bicyclic) bond motifs is 1. The zero-order chi connectivity index (χ0) is 17.6. The lowest BCUT2D eigenvalue weighted by Crippen LogP contribution is -2.38. The molecule has 130 valence electrons. The Balaban J connectivity index is 1.54. The SMILES string of the molecule is CN=C(NCc1ccc(Cl)nc1)NCC(O)c1cc2ccccc2s1. The molecule has 0 amide bonds. The Labute approximate surface area is 155 Å². The maximum atomic E-state index is 10.4. The van der Waals surface area contributed by atoms with Gasteiger partial charge >= 0.3 is 0 Å². The summed E-state index contributed by atoms with van der Waals surface area (Å²) in [5.74, 6) is 0.620. The fourth-order valence-electron chi connectivity index (χ4n) is 2.38. The van der Waals surface area contributed by atoms with E-state index >= 15 is 0 Å². The van der Waals surface area contributed by atoms with Crippen molar-refractivity contribution in [1.82, 2.24) is 15.6 Å². The predicted octanol–water partition coefficient (Wildman–Crippen LogP) is 3.35. The molecular weight excluding hydrogens is 356 g/mol. The number of nitrogens with one attached hydrogen (secondary N) is 2. The van der Waals surface area contributed by atoms with Gasteiger partial charge in [-0.3, -0.25) is 4.99 Å². The summed E-state index contributed by atoms with van der Waals surface area (Å²) in [6.07, 6.45) is 1.13. The van der Waals surface area contributed by atoms with E-state index in [4.69, 9.17) is 11.6 Å². The second-order valence-corrected chi connectivity index (χ2v) is 7.00. The van der Waals surface area contributed by atoms with Gasteiger partial charge in [-0.1, -0.05) is 35.9 Å². The smallest absolute Gasteiger partial charge is 0.191 e. The maximum Gasteiger partial charge on any atom is 0.191 e. The van der Waals surface area contributed by atoms with Crippen LogP contribution in [0.15, 0.2) is 53.7 Å². The van der Waals surface area contributed by atoms with Gasteiger partial charge in [0.05, 0.1) is 0 Å². The van der Waals surface area contributed by atoms with E-state index in [0.29, 0.717) is 24.2 Å². The first-order valence-corrected chi connectivity index (χ1v) is 9.06. The van der Waals surface area contributed by atoms with Crippen LogP contribution in [-0.2, 0) is 6.54 Å². The number of hydrogen-bond acceptors (Lipinski definition) is 4. The van der Waals surface area contributed by atoms with Crippen molar-refractivity contribution in [2.24, 2.45) is 4.99 Å². The molecule has 0 aliphatic heterocycles. The molecule has 1 unspecified atom stereocenters. The van der Waals surface area contributed by atoms with Crippen LogP contribution >= 0.6 is 22.9 Å². The number of aromatic nitrogens is 1. The van der Waals surface area contributed by atoms with E-state index in [0.717, 1.165) is 15.8 Å². The van der Waals surface area contributed by atoms with Crippen molar-refractivity contribution in [1.29, 1.82) is 0 Å². The summed E-state index contributed by atoms with van der Waals surface area (Å²) in [5, 5.41) is 18.4. The van der Waals surface area contributed by atoms with Crippen LogP contribution in [0.25, 0.3) is 10.1 Å². The Morgan fingerprint density at radius 3 is 2.84 bits per heavy atom. The number of aliphatic imine (C=N–C) groups is 1. The number of hydrogen-bond donors (Lipinski definition) is 3. The number of benzene rings is 1. The van der Waals surface area contributed by atoms with Gasteiger partial charge in [0, 0.05) is 35.9 Å². The molecule has 0 saturated heterocycles. The Kier molecular flexibility index (Phi) is 5.86. The average molecular weight is 375 g/mol. The zero-order valence-corrected chi connectivity index (χ0v) is 15.3. The fourth-order valence-corrected chi connectivity index (χ4v) is 3.54. The third kappa shape index (κ3) is 4.69. The van der Waals surface area contributed by atoms with E-state index in [9.17, 15) is 5.11 Å². The molecule has 3 rings (SSSR count). The van der Waals surface area contributed by atoms with Crippen LogP contribution in [0, 0.1) is 0 Å². The van der Waals surface area contributed by atoms with Gasteiger partial charge in [0.2, 0.25) is 0 Å². The molecule has 7 heteroatoms. The summed E-state index contributed by atoms with van der Waals surface area (Å²) in [7, 11) is 1.70. The van der Waals surface area contributed by atoms with Gasteiger partial charge < -0.3 is 15.7 Å². The summed E-state index contributed by atoms with van der Waals surface area (Å²) in [6.45, 7) is 0.953. The van der Waals surface area contributed by atoms with E-state index < -0.39 is 6.10 Å². The van der Waals surface area contributed by atoms with Gasteiger partial charge in [-0.2, -0.15) is 0 Å². The Bertz CT molecular complexity index is 830. The predicted molar refractivity (Wildman–Crippen MR) is 104 cm³/mol. The molecule has 0 aliphatic carbocycles. The van der Waals surface area contributed by atoms with Gasteiger partial charge in [0.15, 0.2) is 5.96 Å². The quantitative estimate of drug-likeness (QED) is 0.364. The number of nitrogens with zero attached hydrogens (tertiary/aromatic N) is 2. The summed E-state index contributed by atoms with van der Waals surface area (Å²) >= 11 is 7.38. The number of halogens is 1. The number of aliphatic hydroxyl groups excluding tert-OH is 1. The summed E-state index contributed by atoms with van der Waals surface area (Å²) in [5.41, 5.74) is 0.998. The highest BCUT2D eigenvalue weighted by molar-refractivity contribution is 7.19. The molecule has 0 radical (unpaired) electrons. The van der Waals surface area contributed by atoms with E-state index in [-0.39, 0.29) is 0 Å². The molecule has 1 atom stereocenters. The third-order valence-electron chi connectivity index (χ3n) is 3.71.